The molecule has 1 unspecified atom stereocenters. The number of aryl methyl sites for hydroxylation is 1. The molecule has 0 spiro atoms. The largest absolute Gasteiger partial charge is 0.381 e. The van der Waals surface area contributed by atoms with Crippen LogP contribution in [0, 0.1) is 0 Å². The fraction of sp³-hybridized carbons (Fsp3) is 0.700. The lowest BCUT2D eigenvalue weighted by Gasteiger charge is -2.23. The van der Waals surface area contributed by atoms with Gasteiger partial charge in [-0.2, -0.15) is 0 Å². The van der Waals surface area contributed by atoms with Crippen LogP contribution in [0.5, 0.6) is 0 Å². The van der Waals surface area contributed by atoms with E-state index < -0.39 is 5.67 Å². The molecule has 1 heterocycles. The molecule has 1 rings (SSSR count). The van der Waals surface area contributed by atoms with E-state index in [1.54, 1.807) is 24.0 Å². The van der Waals surface area contributed by atoms with E-state index in [0.29, 0.717) is 25.2 Å². The third-order valence-electron chi connectivity index (χ3n) is 2.37. The summed E-state index contributed by atoms with van der Waals surface area (Å²) in [6.07, 6.45) is 4.26. The molecule has 0 saturated heterocycles. The molecule has 0 amide bonds. The smallest absolute Gasteiger partial charge is 0.191 e. The first-order valence-electron chi connectivity index (χ1n) is 5.00. The minimum absolute atomic E-state index is 0.0118. The minimum Gasteiger partial charge on any atom is -0.381 e. The molecule has 0 radical (unpaired) electrons. The average Bonchev–Trinajstić information content (AvgIpc) is 2.62. The Morgan fingerprint density at radius 1 is 1.67 bits per heavy atom. The Morgan fingerprint density at radius 3 is 2.87 bits per heavy atom. The summed E-state index contributed by atoms with van der Waals surface area (Å²) in [6, 6.07) is 0. The Balaban J connectivity index is 2.85. The Bertz CT molecular complexity index is 303. The van der Waals surface area contributed by atoms with E-state index in [2.05, 4.69) is 4.98 Å². The van der Waals surface area contributed by atoms with Crippen molar-refractivity contribution in [1.82, 2.24) is 9.55 Å². The van der Waals surface area contributed by atoms with Gasteiger partial charge in [-0.25, -0.2) is 9.37 Å². The van der Waals surface area contributed by atoms with Crippen LogP contribution in [-0.4, -0.2) is 29.8 Å². The van der Waals surface area contributed by atoms with Crippen molar-refractivity contribution in [2.75, 3.05) is 20.3 Å². The van der Waals surface area contributed by atoms with Crippen molar-refractivity contribution in [3.63, 3.8) is 0 Å². The van der Waals surface area contributed by atoms with Crippen molar-refractivity contribution in [2.45, 2.75) is 18.5 Å². The first kappa shape index (κ1) is 12.1. The number of methoxy groups -OCH3 is 1. The number of imidazole rings is 1. The summed E-state index contributed by atoms with van der Waals surface area (Å²) in [7, 11) is 3.26. The number of hydrogen-bond acceptors (Lipinski definition) is 3. The van der Waals surface area contributed by atoms with Crippen LogP contribution < -0.4 is 5.73 Å². The third kappa shape index (κ3) is 2.76. The van der Waals surface area contributed by atoms with Crippen molar-refractivity contribution < 1.29 is 9.13 Å². The lowest BCUT2D eigenvalue weighted by Crippen LogP contribution is -2.30. The Labute approximate surface area is 89.2 Å². The lowest BCUT2D eigenvalue weighted by molar-refractivity contribution is 0.0217. The van der Waals surface area contributed by atoms with Gasteiger partial charge in [0, 0.05) is 26.6 Å². The molecule has 15 heavy (non-hydrogen) atoms. The van der Waals surface area contributed by atoms with Crippen molar-refractivity contribution in [1.29, 1.82) is 0 Å². The van der Waals surface area contributed by atoms with Gasteiger partial charge >= 0.3 is 0 Å². The highest BCUT2D eigenvalue weighted by molar-refractivity contribution is 5.05. The molecule has 0 bridgehead atoms. The fourth-order valence-corrected chi connectivity index (χ4v) is 1.66. The van der Waals surface area contributed by atoms with E-state index in [4.69, 9.17) is 10.5 Å². The topological polar surface area (TPSA) is 53.1 Å². The summed E-state index contributed by atoms with van der Waals surface area (Å²) in [4.78, 5) is 4.03. The molecule has 0 aliphatic heterocycles. The third-order valence-corrected chi connectivity index (χ3v) is 2.37. The molecule has 1 aromatic rings. The maximum Gasteiger partial charge on any atom is 0.191 e. The van der Waals surface area contributed by atoms with Gasteiger partial charge < -0.3 is 15.0 Å². The lowest BCUT2D eigenvalue weighted by atomic mass is 9.99. The number of alkyl halides is 1. The number of hydrogen-bond donors (Lipinski definition) is 1. The summed E-state index contributed by atoms with van der Waals surface area (Å²) < 4.78 is 21.1. The second kappa shape index (κ2) is 5.23. The van der Waals surface area contributed by atoms with Crippen molar-refractivity contribution in [3.8, 4) is 0 Å². The molecule has 1 atom stereocenters. The van der Waals surface area contributed by atoms with E-state index in [9.17, 15) is 4.39 Å². The predicted octanol–water partition coefficient (Wildman–Crippen LogP) is 0.970. The van der Waals surface area contributed by atoms with Gasteiger partial charge in [0.1, 0.15) is 5.82 Å². The monoisotopic (exact) mass is 215 g/mol. The molecule has 4 nitrogen and oxygen atoms in total. The molecule has 0 fully saturated rings. The van der Waals surface area contributed by atoms with Gasteiger partial charge in [-0.1, -0.05) is 0 Å². The first-order chi connectivity index (χ1) is 7.14. The quantitative estimate of drug-likeness (QED) is 0.769. The van der Waals surface area contributed by atoms with Crippen LogP contribution >= 0.6 is 0 Å². The SMILES string of the molecule is COCC(F)(CCCN)c1nccn1C. The number of ether oxygens (including phenoxy) is 1. The summed E-state index contributed by atoms with van der Waals surface area (Å²) >= 11 is 0. The molecule has 0 aromatic carbocycles. The Morgan fingerprint density at radius 2 is 2.40 bits per heavy atom. The minimum atomic E-state index is -1.54. The molecule has 0 aliphatic carbocycles. The number of rotatable bonds is 6. The summed E-state index contributed by atoms with van der Waals surface area (Å²) in [5.41, 5.74) is 3.85. The van der Waals surface area contributed by atoms with Gasteiger partial charge in [-0.15, -0.1) is 0 Å². The molecule has 1 aromatic heterocycles. The molecule has 0 saturated carbocycles. The van der Waals surface area contributed by atoms with Crippen molar-refractivity contribution >= 4 is 0 Å². The van der Waals surface area contributed by atoms with Gasteiger partial charge in [0.05, 0.1) is 6.61 Å². The molecular weight excluding hydrogens is 197 g/mol. The van der Waals surface area contributed by atoms with E-state index in [-0.39, 0.29) is 6.61 Å². The van der Waals surface area contributed by atoms with Crippen molar-refractivity contribution in [2.24, 2.45) is 12.8 Å². The highest BCUT2D eigenvalue weighted by Gasteiger charge is 2.35. The summed E-state index contributed by atoms with van der Waals surface area (Å²) in [6.45, 7) is 0.484. The number of halogens is 1. The van der Waals surface area contributed by atoms with Crippen LogP contribution in [0.25, 0.3) is 0 Å². The maximum atomic E-state index is 14.5. The molecular formula is C10H18FN3O. The zero-order chi connectivity index (χ0) is 11.3. The molecule has 86 valence electrons. The fourth-order valence-electron chi connectivity index (χ4n) is 1.66. The zero-order valence-electron chi connectivity index (χ0n) is 9.24. The number of aromatic nitrogens is 2. The molecule has 0 aliphatic rings. The van der Waals surface area contributed by atoms with Crippen LogP contribution in [0.15, 0.2) is 12.4 Å². The number of nitrogens with two attached hydrogens (primary N) is 1. The van der Waals surface area contributed by atoms with E-state index >= 15 is 0 Å². The van der Waals surface area contributed by atoms with E-state index in [1.807, 2.05) is 0 Å². The predicted molar refractivity (Wildman–Crippen MR) is 56.2 cm³/mol. The molecule has 5 heteroatoms. The van der Waals surface area contributed by atoms with Gasteiger partial charge in [0.25, 0.3) is 0 Å². The Hall–Kier alpha value is -0.940. The summed E-state index contributed by atoms with van der Waals surface area (Å²) in [5, 5.41) is 0. The van der Waals surface area contributed by atoms with Gasteiger partial charge in [-0.05, 0) is 19.4 Å². The Kier molecular flexibility index (Phi) is 4.23. The van der Waals surface area contributed by atoms with Crippen LogP contribution in [0.4, 0.5) is 4.39 Å². The van der Waals surface area contributed by atoms with Gasteiger partial charge in [0.15, 0.2) is 5.67 Å². The first-order valence-corrected chi connectivity index (χ1v) is 5.00. The van der Waals surface area contributed by atoms with Crippen molar-refractivity contribution in [3.05, 3.63) is 18.2 Å². The normalized spacial score (nSPS) is 15.2. The second-order valence-corrected chi connectivity index (χ2v) is 3.65. The summed E-state index contributed by atoms with van der Waals surface area (Å²) in [5.74, 6) is 0.401. The average molecular weight is 215 g/mol. The van der Waals surface area contributed by atoms with Gasteiger partial charge in [-0.3, -0.25) is 0 Å². The van der Waals surface area contributed by atoms with E-state index in [0.717, 1.165) is 0 Å². The van der Waals surface area contributed by atoms with Gasteiger partial charge in [0.2, 0.25) is 0 Å². The van der Waals surface area contributed by atoms with Crippen LogP contribution in [0.3, 0.4) is 0 Å². The molecule has 2 N–H and O–H groups in total. The van der Waals surface area contributed by atoms with E-state index in [1.165, 1.54) is 7.11 Å². The zero-order valence-corrected chi connectivity index (χ0v) is 9.24. The van der Waals surface area contributed by atoms with Crippen LogP contribution in [0.2, 0.25) is 0 Å². The maximum absolute atomic E-state index is 14.5. The highest BCUT2D eigenvalue weighted by atomic mass is 19.1. The van der Waals surface area contributed by atoms with Crippen LogP contribution in [0.1, 0.15) is 18.7 Å². The second-order valence-electron chi connectivity index (χ2n) is 3.65. The number of nitrogens with zero attached hydrogens (tertiary/aromatic N) is 2. The highest BCUT2D eigenvalue weighted by Crippen LogP contribution is 2.29. The standard InChI is InChI=1S/C10H18FN3O/c1-14-7-6-13-9(14)10(11,8-15-2)4-3-5-12/h6-7H,3-5,8,12H2,1-2H3. The van der Waals surface area contributed by atoms with Crippen LogP contribution in [-0.2, 0) is 17.5 Å².